The zero-order chi connectivity index (χ0) is 20.4. The Morgan fingerprint density at radius 1 is 1.30 bits per heavy atom. The quantitative estimate of drug-likeness (QED) is 0.778. The molecule has 1 heterocycles. The first-order valence-electron chi connectivity index (χ1n) is 9.47. The molecule has 0 N–H and O–H groups in total. The Hall–Kier alpha value is -1.76. The van der Waals surface area contributed by atoms with Gasteiger partial charge in [0.1, 0.15) is 5.60 Å². The van der Waals surface area contributed by atoms with Gasteiger partial charge in [0.25, 0.3) is 0 Å². The second-order valence-electron chi connectivity index (χ2n) is 8.34. The molecule has 0 aromatic heterocycles. The van der Waals surface area contributed by atoms with Gasteiger partial charge >= 0.3 is 6.09 Å². The monoisotopic (exact) mass is 396 g/mol. The Kier molecular flexibility index (Phi) is 6.45. The Morgan fingerprint density at radius 2 is 1.96 bits per heavy atom. The second-order valence-corrected chi connectivity index (χ2v) is 10.4. The SMILES string of the molecule is CCC(C)[C@@H]1CN(c2cccc(S(C)(=O)=O)c2)CCN1C(=O)OC(C)(C)C. The summed E-state index contributed by atoms with van der Waals surface area (Å²) < 4.78 is 29.3. The first-order valence-corrected chi connectivity index (χ1v) is 11.4. The lowest BCUT2D eigenvalue weighted by Crippen LogP contribution is -2.58. The van der Waals surface area contributed by atoms with Crippen LogP contribution in [0.1, 0.15) is 41.0 Å². The summed E-state index contributed by atoms with van der Waals surface area (Å²) in [7, 11) is -3.25. The third-order valence-corrected chi connectivity index (χ3v) is 6.07. The minimum absolute atomic E-state index is 0.0143. The van der Waals surface area contributed by atoms with Crippen LogP contribution in [0, 0.1) is 5.92 Å². The Labute approximate surface area is 163 Å². The number of rotatable bonds is 4. The van der Waals surface area contributed by atoms with Gasteiger partial charge in [0.05, 0.1) is 10.9 Å². The standard InChI is InChI=1S/C20H32N2O4S/c1-7-15(2)18-14-21(11-12-22(18)19(23)26-20(3,4)5)16-9-8-10-17(13-16)27(6,24)25/h8-10,13,15,18H,7,11-12,14H2,1-6H3/t15?,18-/m0/s1. The lowest BCUT2D eigenvalue weighted by Gasteiger charge is -2.45. The second kappa shape index (κ2) is 8.09. The largest absolute Gasteiger partial charge is 0.444 e. The lowest BCUT2D eigenvalue weighted by atomic mass is 9.95. The van der Waals surface area contributed by atoms with E-state index in [9.17, 15) is 13.2 Å². The molecule has 2 atom stereocenters. The summed E-state index contributed by atoms with van der Waals surface area (Å²) in [6.07, 6.45) is 1.88. The van der Waals surface area contributed by atoms with Gasteiger partial charge in [-0.15, -0.1) is 0 Å². The highest BCUT2D eigenvalue weighted by Crippen LogP contribution is 2.27. The Balaban J connectivity index is 2.25. The topological polar surface area (TPSA) is 66.9 Å². The summed E-state index contributed by atoms with van der Waals surface area (Å²) in [6.45, 7) is 11.7. The van der Waals surface area contributed by atoms with Gasteiger partial charge in [-0.25, -0.2) is 13.2 Å². The molecule has 1 unspecified atom stereocenters. The summed E-state index contributed by atoms with van der Waals surface area (Å²) in [5.41, 5.74) is 0.341. The van der Waals surface area contributed by atoms with Crippen LogP contribution in [0.2, 0.25) is 0 Å². The highest BCUT2D eigenvalue weighted by Gasteiger charge is 2.36. The van der Waals surface area contributed by atoms with Gasteiger partial charge in [-0.1, -0.05) is 26.3 Å². The van der Waals surface area contributed by atoms with E-state index in [-0.39, 0.29) is 12.1 Å². The van der Waals surface area contributed by atoms with Crippen LogP contribution in [0.15, 0.2) is 29.2 Å². The minimum Gasteiger partial charge on any atom is -0.444 e. The smallest absolute Gasteiger partial charge is 0.410 e. The molecule has 1 aliphatic heterocycles. The van der Waals surface area contributed by atoms with Crippen molar-refractivity contribution in [2.45, 2.75) is 57.6 Å². The van der Waals surface area contributed by atoms with E-state index in [1.54, 1.807) is 18.2 Å². The van der Waals surface area contributed by atoms with E-state index in [0.29, 0.717) is 30.4 Å². The van der Waals surface area contributed by atoms with Crippen molar-refractivity contribution in [3.63, 3.8) is 0 Å². The predicted molar refractivity (Wildman–Crippen MR) is 108 cm³/mol. The molecule has 0 aliphatic carbocycles. The molecule has 6 nitrogen and oxygen atoms in total. The molecular formula is C20H32N2O4S. The minimum atomic E-state index is -3.25. The van der Waals surface area contributed by atoms with Crippen LogP contribution in [0.3, 0.4) is 0 Å². The number of hydrogen-bond donors (Lipinski definition) is 0. The van der Waals surface area contributed by atoms with Crippen LogP contribution in [0.5, 0.6) is 0 Å². The predicted octanol–water partition coefficient (Wildman–Crippen LogP) is 3.56. The maximum absolute atomic E-state index is 12.7. The van der Waals surface area contributed by atoms with Gasteiger partial charge in [0.15, 0.2) is 9.84 Å². The van der Waals surface area contributed by atoms with E-state index in [1.165, 1.54) is 6.26 Å². The van der Waals surface area contributed by atoms with Gasteiger partial charge in [-0.05, 0) is 44.9 Å². The zero-order valence-electron chi connectivity index (χ0n) is 17.2. The fraction of sp³-hybridized carbons (Fsp3) is 0.650. The zero-order valence-corrected chi connectivity index (χ0v) is 18.0. The number of anilines is 1. The number of sulfone groups is 1. The van der Waals surface area contributed by atoms with Crippen molar-refractivity contribution in [3.05, 3.63) is 24.3 Å². The summed E-state index contributed by atoms with van der Waals surface area (Å²) in [4.78, 5) is 17.0. The normalized spacial score (nSPS) is 19.7. The van der Waals surface area contributed by atoms with E-state index < -0.39 is 15.4 Å². The molecular weight excluding hydrogens is 364 g/mol. The first kappa shape index (κ1) is 21.5. The number of benzene rings is 1. The van der Waals surface area contributed by atoms with Gasteiger partial charge in [0.2, 0.25) is 0 Å². The number of carbonyl (C=O) groups is 1. The summed E-state index contributed by atoms with van der Waals surface area (Å²) in [5, 5.41) is 0. The van der Waals surface area contributed by atoms with Crippen LogP contribution in [-0.2, 0) is 14.6 Å². The average molecular weight is 397 g/mol. The third-order valence-electron chi connectivity index (χ3n) is 4.96. The van der Waals surface area contributed by atoms with Crippen molar-refractivity contribution in [1.82, 2.24) is 4.90 Å². The van der Waals surface area contributed by atoms with Crippen molar-refractivity contribution in [3.8, 4) is 0 Å². The van der Waals surface area contributed by atoms with Crippen molar-refractivity contribution >= 4 is 21.6 Å². The number of carbonyl (C=O) groups excluding carboxylic acids is 1. The van der Waals surface area contributed by atoms with Crippen molar-refractivity contribution < 1.29 is 17.9 Å². The molecule has 1 aromatic carbocycles. The van der Waals surface area contributed by atoms with Crippen molar-refractivity contribution in [2.24, 2.45) is 5.92 Å². The fourth-order valence-corrected chi connectivity index (χ4v) is 3.92. The van der Waals surface area contributed by atoms with E-state index >= 15 is 0 Å². The number of hydrogen-bond acceptors (Lipinski definition) is 5. The molecule has 7 heteroatoms. The van der Waals surface area contributed by atoms with E-state index in [0.717, 1.165) is 12.1 Å². The maximum Gasteiger partial charge on any atom is 0.410 e. The molecule has 1 saturated heterocycles. The van der Waals surface area contributed by atoms with Gasteiger partial charge in [0, 0.05) is 31.6 Å². The summed E-state index contributed by atoms with van der Waals surface area (Å²) in [5.74, 6) is 0.304. The molecule has 0 bridgehead atoms. The lowest BCUT2D eigenvalue weighted by molar-refractivity contribution is 0.00765. The van der Waals surface area contributed by atoms with Crippen LogP contribution in [-0.4, -0.2) is 56.9 Å². The summed E-state index contributed by atoms with van der Waals surface area (Å²) >= 11 is 0. The summed E-state index contributed by atoms with van der Waals surface area (Å²) in [6, 6.07) is 7.03. The highest BCUT2D eigenvalue weighted by molar-refractivity contribution is 7.90. The van der Waals surface area contributed by atoms with Crippen LogP contribution in [0.4, 0.5) is 10.5 Å². The molecule has 1 amide bonds. The number of ether oxygens (including phenoxy) is 1. The Morgan fingerprint density at radius 3 is 2.52 bits per heavy atom. The van der Waals surface area contributed by atoms with E-state index in [2.05, 4.69) is 18.7 Å². The van der Waals surface area contributed by atoms with Crippen molar-refractivity contribution in [2.75, 3.05) is 30.8 Å². The van der Waals surface area contributed by atoms with Crippen LogP contribution in [0.25, 0.3) is 0 Å². The van der Waals surface area contributed by atoms with Crippen LogP contribution < -0.4 is 4.90 Å². The van der Waals surface area contributed by atoms with Gasteiger partial charge in [-0.3, -0.25) is 0 Å². The molecule has 1 fully saturated rings. The fourth-order valence-electron chi connectivity index (χ4n) is 3.26. The molecule has 0 spiro atoms. The third kappa shape index (κ3) is 5.61. The molecule has 1 aliphatic rings. The van der Waals surface area contributed by atoms with Gasteiger partial charge < -0.3 is 14.5 Å². The van der Waals surface area contributed by atoms with Crippen LogP contribution >= 0.6 is 0 Å². The molecule has 0 radical (unpaired) electrons. The van der Waals surface area contributed by atoms with E-state index in [1.807, 2.05) is 31.7 Å². The van der Waals surface area contributed by atoms with Crippen molar-refractivity contribution in [1.29, 1.82) is 0 Å². The molecule has 1 aromatic rings. The highest BCUT2D eigenvalue weighted by atomic mass is 32.2. The maximum atomic E-state index is 12.7. The molecule has 0 saturated carbocycles. The molecule has 27 heavy (non-hydrogen) atoms. The van der Waals surface area contributed by atoms with Gasteiger partial charge in [-0.2, -0.15) is 0 Å². The first-order chi connectivity index (χ1) is 12.4. The number of piperazine rings is 1. The average Bonchev–Trinajstić information content (AvgIpc) is 2.58. The number of nitrogens with zero attached hydrogens (tertiary/aromatic N) is 2. The van der Waals surface area contributed by atoms with E-state index in [4.69, 9.17) is 4.74 Å². The Bertz CT molecular complexity index is 770. The molecule has 2 rings (SSSR count). The number of amides is 1. The molecule has 152 valence electrons.